The van der Waals surface area contributed by atoms with Gasteiger partial charge < -0.3 is 9.47 Å². The maximum Gasteiger partial charge on any atom is 0.232 e. The molecule has 0 N–H and O–H groups in total. The Morgan fingerprint density at radius 3 is 2.86 bits per heavy atom. The van der Waals surface area contributed by atoms with Gasteiger partial charge in [0, 0.05) is 29.8 Å². The third kappa shape index (κ3) is 5.80. The lowest BCUT2D eigenvalue weighted by atomic mass is 10.1. The van der Waals surface area contributed by atoms with Gasteiger partial charge in [-0.1, -0.05) is 0 Å². The van der Waals surface area contributed by atoms with Gasteiger partial charge in [0.25, 0.3) is 0 Å². The summed E-state index contributed by atoms with van der Waals surface area (Å²) in [5.74, 6) is 0.457. The van der Waals surface area contributed by atoms with Crippen LogP contribution in [0.2, 0.25) is 0 Å². The first-order chi connectivity index (χ1) is 6.58. The zero-order valence-electron chi connectivity index (χ0n) is 7.95. The first-order valence-corrected chi connectivity index (χ1v) is 7.13. The van der Waals surface area contributed by atoms with E-state index in [0.29, 0.717) is 25.6 Å². The van der Waals surface area contributed by atoms with Gasteiger partial charge in [0.1, 0.15) is 0 Å². The summed E-state index contributed by atoms with van der Waals surface area (Å²) >= 11 is 0. The fourth-order valence-electron chi connectivity index (χ4n) is 1.30. The summed E-state index contributed by atoms with van der Waals surface area (Å²) < 4.78 is 31.6. The lowest BCUT2D eigenvalue weighted by Gasteiger charge is -2.07. The van der Waals surface area contributed by atoms with Crippen molar-refractivity contribution in [3.63, 3.8) is 0 Å². The van der Waals surface area contributed by atoms with Crippen molar-refractivity contribution >= 4 is 19.7 Å². The monoisotopic (exact) mass is 242 g/mol. The van der Waals surface area contributed by atoms with E-state index in [4.69, 9.17) is 20.2 Å². The van der Waals surface area contributed by atoms with Crippen LogP contribution in [0.25, 0.3) is 0 Å². The van der Waals surface area contributed by atoms with E-state index in [2.05, 4.69) is 0 Å². The number of hydrogen-bond acceptors (Lipinski definition) is 4. The molecule has 0 saturated carbocycles. The third-order valence-corrected chi connectivity index (χ3v) is 3.29. The summed E-state index contributed by atoms with van der Waals surface area (Å²) in [6.45, 7) is 2.67. The zero-order chi connectivity index (χ0) is 10.4. The van der Waals surface area contributed by atoms with Gasteiger partial charge in [-0.2, -0.15) is 0 Å². The van der Waals surface area contributed by atoms with E-state index < -0.39 is 9.05 Å². The van der Waals surface area contributed by atoms with Gasteiger partial charge in [0.15, 0.2) is 0 Å². The Balaban J connectivity index is 1.94. The number of halogens is 1. The molecule has 1 aliphatic rings. The van der Waals surface area contributed by atoms with Crippen molar-refractivity contribution in [3.8, 4) is 0 Å². The predicted molar refractivity (Wildman–Crippen MR) is 54.0 cm³/mol. The minimum absolute atomic E-state index is 0.0181. The second-order valence-electron chi connectivity index (χ2n) is 3.40. The third-order valence-electron chi connectivity index (χ3n) is 2.05. The molecule has 0 spiro atoms. The van der Waals surface area contributed by atoms with Crippen LogP contribution in [0.3, 0.4) is 0 Å². The van der Waals surface area contributed by atoms with Gasteiger partial charge in [-0.15, -0.1) is 0 Å². The SMILES string of the molecule is O=S(=O)(Cl)CCCOCC1CCOC1. The summed E-state index contributed by atoms with van der Waals surface area (Å²) in [6.07, 6.45) is 1.49. The molecule has 4 nitrogen and oxygen atoms in total. The second kappa shape index (κ2) is 5.90. The van der Waals surface area contributed by atoms with Crippen LogP contribution < -0.4 is 0 Å². The van der Waals surface area contributed by atoms with Crippen LogP contribution in [-0.2, 0) is 18.5 Å². The lowest BCUT2D eigenvalue weighted by Crippen LogP contribution is -2.11. The highest BCUT2D eigenvalue weighted by atomic mass is 35.7. The minimum atomic E-state index is -3.36. The molecule has 0 aromatic rings. The van der Waals surface area contributed by atoms with Crippen LogP contribution in [0.5, 0.6) is 0 Å². The molecule has 0 aromatic carbocycles. The number of rotatable bonds is 6. The Hall–Kier alpha value is 0.160. The minimum Gasteiger partial charge on any atom is -0.381 e. The van der Waals surface area contributed by atoms with Crippen molar-refractivity contribution in [2.45, 2.75) is 12.8 Å². The Labute approximate surface area is 88.9 Å². The van der Waals surface area contributed by atoms with Crippen molar-refractivity contribution in [2.75, 3.05) is 32.2 Å². The van der Waals surface area contributed by atoms with E-state index in [1.165, 1.54) is 0 Å². The van der Waals surface area contributed by atoms with Crippen molar-refractivity contribution in [3.05, 3.63) is 0 Å². The predicted octanol–water partition coefficient (Wildman–Crippen LogP) is 0.998. The fourth-order valence-corrected chi connectivity index (χ4v) is 2.09. The summed E-state index contributed by atoms with van der Waals surface area (Å²) in [6, 6.07) is 0. The molecule has 0 radical (unpaired) electrons. The van der Waals surface area contributed by atoms with E-state index in [0.717, 1.165) is 19.6 Å². The number of ether oxygens (including phenoxy) is 2. The van der Waals surface area contributed by atoms with Crippen LogP contribution >= 0.6 is 10.7 Å². The lowest BCUT2D eigenvalue weighted by molar-refractivity contribution is 0.0906. The van der Waals surface area contributed by atoms with E-state index >= 15 is 0 Å². The van der Waals surface area contributed by atoms with E-state index in [1.54, 1.807) is 0 Å². The highest BCUT2D eigenvalue weighted by molar-refractivity contribution is 8.13. The molecule has 1 atom stereocenters. The molecule has 1 rings (SSSR count). The van der Waals surface area contributed by atoms with E-state index in [-0.39, 0.29) is 5.75 Å². The van der Waals surface area contributed by atoms with Crippen molar-refractivity contribution in [1.29, 1.82) is 0 Å². The number of hydrogen-bond donors (Lipinski definition) is 0. The summed E-state index contributed by atoms with van der Waals surface area (Å²) in [7, 11) is 1.68. The molecule has 1 aliphatic heterocycles. The molecule has 1 fully saturated rings. The van der Waals surface area contributed by atoms with E-state index in [1.807, 2.05) is 0 Å². The summed E-state index contributed by atoms with van der Waals surface area (Å²) in [5.41, 5.74) is 0. The van der Waals surface area contributed by atoms with Crippen molar-refractivity contribution in [2.24, 2.45) is 5.92 Å². The first-order valence-electron chi connectivity index (χ1n) is 4.66. The van der Waals surface area contributed by atoms with Gasteiger partial charge in [-0.25, -0.2) is 8.42 Å². The molecule has 6 heteroatoms. The molecule has 0 aliphatic carbocycles. The molecule has 0 bridgehead atoms. The smallest absolute Gasteiger partial charge is 0.232 e. The van der Waals surface area contributed by atoms with E-state index in [9.17, 15) is 8.42 Å². The van der Waals surface area contributed by atoms with Crippen LogP contribution in [0, 0.1) is 5.92 Å². The van der Waals surface area contributed by atoms with Gasteiger partial charge >= 0.3 is 0 Å². The molecular formula is C8H15ClO4S. The zero-order valence-corrected chi connectivity index (χ0v) is 9.52. The summed E-state index contributed by atoms with van der Waals surface area (Å²) in [4.78, 5) is 0. The van der Waals surface area contributed by atoms with Crippen LogP contribution in [-0.4, -0.2) is 40.6 Å². The molecule has 84 valence electrons. The highest BCUT2D eigenvalue weighted by Crippen LogP contribution is 2.12. The van der Waals surface area contributed by atoms with Crippen molar-refractivity contribution < 1.29 is 17.9 Å². The average Bonchev–Trinajstić information content (AvgIpc) is 2.54. The Kier molecular flexibility index (Phi) is 5.15. The first kappa shape index (κ1) is 12.2. The average molecular weight is 243 g/mol. The second-order valence-corrected chi connectivity index (χ2v) is 6.30. The molecule has 1 heterocycles. The van der Waals surface area contributed by atoms with Gasteiger partial charge in [0.2, 0.25) is 9.05 Å². The highest BCUT2D eigenvalue weighted by Gasteiger charge is 2.15. The standard InChI is InChI=1S/C8H15ClO4S/c9-14(10,11)5-1-3-12-6-8-2-4-13-7-8/h8H,1-7H2. The van der Waals surface area contributed by atoms with Crippen LogP contribution in [0.15, 0.2) is 0 Å². The van der Waals surface area contributed by atoms with Gasteiger partial charge in [-0.05, 0) is 12.8 Å². The molecule has 0 aromatic heterocycles. The maximum atomic E-state index is 10.5. The maximum absolute atomic E-state index is 10.5. The molecule has 1 unspecified atom stereocenters. The van der Waals surface area contributed by atoms with Crippen LogP contribution in [0.4, 0.5) is 0 Å². The van der Waals surface area contributed by atoms with Gasteiger partial charge in [-0.3, -0.25) is 0 Å². The molecule has 1 saturated heterocycles. The van der Waals surface area contributed by atoms with Crippen molar-refractivity contribution in [1.82, 2.24) is 0 Å². The Morgan fingerprint density at radius 2 is 2.29 bits per heavy atom. The fraction of sp³-hybridized carbons (Fsp3) is 1.00. The molecular weight excluding hydrogens is 228 g/mol. The Morgan fingerprint density at radius 1 is 1.50 bits per heavy atom. The Bertz CT molecular complexity index is 246. The molecule has 14 heavy (non-hydrogen) atoms. The summed E-state index contributed by atoms with van der Waals surface area (Å²) in [5, 5.41) is 0. The largest absolute Gasteiger partial charge is 0.381 e. The van der Waals surface area contributed by atoms with Crippen LogP contribution in [0.1, 0.15) is 12.8 Å². The topological polar surface area (TPSA) is 52.6 Å². The quantitative estimate of drug-likeness (QED) is 0.515. The van der Waals surface area contributed by atoms with Gasteiger partial charge in [0.05, 0.1) is 19.0 Å². The molecule has 0 amide bonds. The normalized spacial score (nSPS) is 22.8.